The summed E-state index contributed by atoms with van der Waals surface area (Å²) in [5.41, 5.74) is 3.86. The molecule has 0 saturated heterocycles. The highest BCUT2D eigenvalue weighted by molar-refractivity contribution is 5.77. The summed E-state index contributed by atoms with van der Waals surface area (Å²) < 4.78 is 7.33. The Balaban J connectivity index is 1.56. The van der Waals surface area contributed by atoms with Crippen LogP contribution in [-0.4, -0.2) is 27.3 Å². The second-order valence-corrected chi connectivity index (χ2v) is 5.75. The molecule has 1 N–H and O–H groups in total. The van der Waals surface area contributed by atoms with E-state index in [-0.39, 0.29) is 12.5 Å². The monoisotopic (exact) mass is 336 g/mol. The van der Waals surface area contributed by atoms with Crippen LogP contribution in [0.25, 0.3) is 11.3 Å². The van der Waals surface area contributed by atoms with E-state index in [1.165, 1.54) is 0 Å². The molecule has 0 radical (unpaired) electrons. The first-order valence-corrected chi connectivity index (χ1v) is 8.01. The maximum atomic E-state index is 12.0. The molecule has 0 spiro atoms. The maximum absolute atomic E-state index is 12.0. The molecule has 0 aliphatic carbocycles. The fraction of sp³-hybridized carbons (Fsp3) is 0.211. The van der Waals surface area contributed by atoms with Crippen molar-refractivity contribution in [2.24, 2.45) is 7.05 Å². The number of nitrogens with zero attached hydrogens (tertiary/aromatic N) is 3. The van der Waals surface area contributed by atoms with E-state index in [4.69, 9.17) is 4.74 Å². The quantitative estimate of drug-likeness (QED) is 0.751. The Hall–Kier alpha value is -3.15. The lowest BCUT2D eigenvalue weighted by atomic mass is 10.1. The summed E-state index contributed by atoms with van der Waals surface area (Å²) in [6, 6.07) is 11.5. The van der Waals surface area contributed by atoms with Crippen molar-refractivity contribution in [2.75, 3.05) is 6.61 Å². The van der Waals surface area contributed by atoms with Gasteiger partial charge in [0, 0.05) is 37.7 Å². The van der Waals surface area contributed by atoms with Gasteiger partial charge in [-0.3, -0.25) is 14.5 Å². The van der Waals surface area contributed by atoms with Crippen LogP contribution in [0.2, 0.25) is 0 Å². The number of carbonyl (C=O) groups excluding carboxylic acids is 1. The number of nitrogens with one attached hydrogen (secondary N) is 1. The zero-order chi connectivity index (χ0) is 17.6. The first-order chi connectivity index (χ1) is 12.1. The van der Waals surface area contributed by atoms with Gasteiger partial charge in [-0.25, -0.2) is 0 Å². The van der Waals surface area contributed by atoms with E-state index in [0.717, 1.165) is 28.1 Å². The Kier molecular flexibility index (Phi) is 5.09. The van der Waals surface area contributed by atoms with Crippen molar-refractivity contribution in [1.29, 1.82) is 0 Å². The molecule has 0 unspecified atom stereocenters. The lowest BCUT2D eigenvalue weighted by molar-refractivity contribution is -0.123. The minimum atomic E-state index is -0.172. The molecular formula is C19H20N4O2. The van der Waals surface area contributed by atoms with Crippen LogP contribution in [-0.2, 0) is 18.4 Å². The van der Waals surface area contributed by atoms with Crippen molar-refractivity contribution >= 4 is 5.91 Å². The van der Waals surface area contributed by atoms with Gasteiger partial charge in [-0.15, -0.1) is 0 Å². The molecule has 128 valence electrons. The first kappa shape index (κ1) is 16.7. The highest BCUT2D eigenvalue weighted by Gasteiger charge is 2.07. The van der Waals surface area contributed by atoms with Gasteiger partial charge in [0.05, 0.1) is 5.69 Å². The predicted molar refractivity (Wildman–Crippen MR) is 95.0 cm³/mol. The molecule has 1 amide bonds. The SMILES string of the molecule is Cc1ccccc1OCC(=O)NCc1cncc(-c2ccnn2C)c1. The fourth-order valence-corrected chi connectivity index (χ4v) is 2.49. The lowest BCUT2D eigenvalue weighted by Gasteiger charge is -2.10. The molecule has 2 heterocycles. The summed E-state index contributed by atoms with van der Waals surface area (Å²) in [5.74, 6) is 0.548. The number of aryl methyl sites for hydroxylation is 2. The van der Waals surface area contributed by atoms with Crippen molar-refractivity contribution in [3.8, 4) is 17.0 Å². The van der Waals surface area contributed by atoms with Crippen LogP contribution in [0.3, 0.4) is 0 Å². The number of amides is 1. The molecule has 0 saturated carbocycles. The van der Waals surface area contributed by atoms with Crippen LogP contribution in [0.15, 0.2) is 55.0 Å². The van der Waals surface area contributed by atoms with Gasteiger partial charge >= 0.3 is 0 Å². The number of para-hydroxylation sites is 1. The van der Waals surface area contributed by atoms with Gasteiger partial charge in [-0.2, -0.15) is 5.10 Å². The van der Waals surface area contributed by atoms with Gasteiger partial charge in [0.1, 0.15) is 5.75 Å². The minimum absolute atomic E-state index is 0.0142. The van der Waals surface area contributed by atoms with Crippen LogP contribution in [0.4, 0.5) is 0 Å². The molecule has 3 aromatic rings. The van der Waals surface area contributed by atoms with Crippen LogP contribution < -0.4 is 10.1 Å². The molecule has 0 bridgehead atoms. The molecule has 0 atom stereocenters. The second-order valence-electron chi connectivity index (χ2n) is 5.75. The molecular weight excluding hydrogens is 316 g/mol. The van der Waals surface area contributed by atoms with Crippen molar-refractivity contribution < 1.29 is 9.53 Å². The van der Waals surface area contributed by atoms with E-state index in [1.54, 1.807) is 23.3 Å². The summed E-state index contributed by atoms with van der Waals surface area (Å²) in [6.45, 7) is 2.33. The molecule has 6 nitrogen and oxygen atoms in total. The Morgan fingerprint density at radius 1 is 1.24 bits per heavy atom. The van der Waals surface area contributed by atoms with E-state index in [9.17, 15) is 4.79 Å². The smallest absolute Gasteiger partial charge is 0.258 e. The van der Waals surface area contributed by atoms with E-state index in [0.29, 0.717) is 6.54 Å². The summed E-state index contributed by atoms with van der Waals surface area (Å²) in [6.07, 6.45) is 5.26. The third kappa shape index (κ3) is 4.23. The first-order valence-electron chi connectivity index (χ1n) is 8.01. The average Bonchev–Trinajstić information content (AvgIpc) is 3.05. The van der Waals surface area contributed by atoms with Crippen molar-refractivity contribution in [3.63, 3.8) is 0 Å². The number of hydrogen-bond acceptors (Lipinski definition) is 4. The van der Waals surface area contributed by atoms with Gasteiger partial charge in [-0.05, 0) is 36.2 Å². The molecule has 0 aliphatic rings. The van der Waals surface area contributed by atoms with Crippen LogP contribution in [0, 0.1) is 6.92 Å². The summed E-state index contributed by atoms with van der Waals surface area (Å²) >= 11 is 0. The van der Waals surface area contributed by atoms with Gasteiger partial charge in [0.25, 0.3) is 5.91 Å². The molecule has 3 rings (SSSR count). The second kappa shape index (κ2) is 7.61. The standard InChI is InChI=1S/C19H20N4O2/c1-14-5-3-4-6-18(14)25-13-19(24)21-11-15-9-16(12-20-10-15)17-7-8-22-23(17)2/h3-10,12H,11,13H2,1-2H3,(H,21,24). The molecule has 0 aliphatic heterocycles. The van der Waals surface area contributed by atoms with Gasteiger partial charge in [0.15, 0.2) is 6.61 Å². The number of ether oxygens (including phenoxy) is 1. The Morgan fingerprint density at radius 3 is 2.84 bits per heavy atom. The highest BCUT2D eigenvalue weighted by Crippen LogP contribution is 2.18. The maximum Gasteiger partial charge on any atom is 0.258 e. The van der Waals surface area contributed by atoms with Crippen LogP contribution >= 0.6 is 0 Å². The third-order valence-electron chi connectivity index (χ3n) is 3.85. The predicted octanol–water partition coefficient (Wildman–Crippen LogP) is 2.49. The Labute approximate surface area is 146 Å². The third-order valence-corrected chi connectivity index (χ3v) is 3.85. The number of hydrogen-bond donors (Lipinski definition) is 1. The van der Waals surface area contributed by atoms with Gasteiger partial charge < -0.3 is 10.1 Å². The van der Waals surface area contributed by atoms with E-state index in [1.807, 2.05) is 50.4 Å². The van der Waals surface area contributed by atoms with Gasteiger partial charge in [0.2, 0.25) is 0 Å². The summed E-state index contributed by atoms with van der Waals surface area (Å²) in [5, 5.41) is 7.01. The fourth-order valence-electron chi connectivity index (χ4n) is 2.49. The van der Waals surface area contributed by atoms with E-state index >= 15 is 0 Å². The molecule has 1 aromatic carbocycles. The zero-order valence-corrected chi connectivity index (χ0v) is 14.3. The summed E-state index contributed by atoms with van der Waals surface area (Å²) in [4.78, 5) is 16.2. The molecule has 25 heavy (non-hydrogen) atoms. The van der Waals surface area contributed by atoms with E-state index in [2.05, 4.69) is 15.4 Å². The number of pyridine rings is 1. The Morgan fingerprint density at radius 2 is 2.08 bits per heavy atom. The largest absolute Gasteiger partial charge is 0.484 e. The normalized spacial score (nSPS) is 10.5. The topological polar surface area (TPSA) is 69.0 Å². The molecule has 0 fully saturated rings. The minimum Gasteiger partial charge on any atom is -0.484 e. The van der Waals surface area contributed by atoms with Crippen LogP contribution in [0.1, 0.15) is 11.1 Å². The number of benzene rings is 1. The van der Waals surface area contributed by atoms with Crippen LogP contribution in [0.5, 0.6) is 5.75 Å². The zero-order valence-electron chi connectivity index (χ0n) is 14.3. The number of aromatic nitrogens is 3. The number of rotatable bonds is 6. The number of carbonyl (C=O) groups is 1. The van der Waals surface area contributed by atoms with Gasteiger partial charge in [-0.1, -0.05) is 18.2 Å². The molecule has 6 heteroatoms. The van der Waals surface area contributed by atoms with Crippen molar-refractivity contribution in [1.82, 2.24) is 20.1 Å². The molecule has 2 aromatic heterocycles. The lowest BCUT2D eigenvalue weighted by Crippen LogP contribution is -2.28. The van der Waals surface area contributed by atoms with Crippen molar-refractivity contribution in [2.45, 2.75) is 13.5 Å². The average molecular weight is 336 g/mol. The Bertz CT molecular complexity index is 873. The van der Waals surface area contributed by atoms with Crippen molar-refractivity contribution in [3.05, 3.63) is 66.1 Å². The summed E-state index contributed by atoms with van der Waals surface area (Å²) in [7, 11) is 1.88. The highest BCUT2D eigenvalue weighted by atomic mass is 16.5. The van der Waals surface area contributed by atoms with E-state index < -0.39 is 0 Å².